The van der Waals surface area contributed by atoms with Gasteiger partial charge >= 0.3 is 11.9 Å². The van der Waals surface area contributed by atoms with Gasteiger partial charge in [-0.05, 0) is 83.8 Å². The lowest BCUT2D eigenvalue weighted by atomic mass is 10.0. The first-order valence-electron chi connectivity index (χ1n) is 24.0. The summed E-state index contributed by atoms with van der Waals surface area (Å²) < 4.78 is 11.5. The monoisotopic (exact) mass is 790 g/mol. The Labute approximate surface area is 346 Å². The van der Waals surface area contributed by atoms with Crippen molar-refractivity contribution in [3.8, 4) is 0 Å². The molecule has 0 amide bonds. The molecule has 9 heteroatoms. The number of hydrogen-bond donors (Lipinski definition) is 2. The van der Waals surface area contributed by atoms with Gasteiger partial charge in [0.05, 0.1) is 6.61 Å². The normalized spacial score (nSPS) is 11.7. The molecule has 3 N–H and O–H groups in total. The van der Waals surface area contributed by atoms with Crippen molar-refractivity contribution in [2.75, 3.05) is 32.8 Å². The van der Waals surface area contributed by atoms with Crippen molar-refractivity contribution in [2.24, 2.45) is 10.7 Å². The molecular weight excluding hydrogens is 699 g/mol. The van der Waals surface area contributed by atoms with Gasteiger partial charge in [0.2, 0.25) is 0 Å². The lowest BCUT2D eigenvalue weighted by Gasteiger charge is -2.22. The van der Waals surface area contributed by atoms with Crippen molar-refractivity contribution in [1.29, 1.82) is 0 Å². The Morgan fingerprint density at radius 1 is 0.571 bits per heavy atom. The smallest absolute Gasteiger partial charge is 0.306 e. The van der Waals surface area contributed by atoms with Crippen molar-refractivity contribution in [1.82, 2.24) is 10.3 Å². The first-order chi connectivity index (χ1) is 27.5. The molecule has 0 unspecified atom stereocenters. The van der Waals surface area contributed by atoms with Crippen molar-refractivity contribution in [3.63, 3.8) is 0 Å². The summed E-state index contributed by atoms with van der Waals surface area (Å²) in [7, 11) is 0. The highest BCUT2D eigenvalue weighted by Crippen LogP contribution is 2.19. The summed E-state index contributed by atoms with van der Waals surface area (Å²) in [5, 5.41) is 0. The van der Waals surface area contributed by atoms with E-state index in [2.05, 4.69) is 41.0 Å². The van der Waals surface area contributed by atoms with Gasteiger partial charge in [0.25, 0.3) is 5.96 Å². The van der Waals surface area contributed by atoms with Gasteiger partial charge in [0.15, 0.2) is 0 Å². The fourth-order valence-electron chi connectivity index (χ4n) is 7.32. The summed E-state index contributed by atoms with van der Waals surface area (Å²) in [4.78, 5) is 34.8. The van der Waals surface area contributed by atoms with E-state index in [1.165, 1.54) is 122 Å². The molecule has 0 aromatic rings. The van der Waals surface area contributed by atoms with Crippen LogP contribution in [0.1, 0.15) is 239 Å². The molecule has 0 heterocycles. The minimum Gasteiger partial charge on any atom is -0.466 e. The summed E-state index contributed by atoms with van der Waals surface area (Å²) in [6.45, 7) is 17.9. The van der Waals surface area contributed by atoms with Gasteiger partial charge in [-0.2, -0.15) is 11.5 Å². The number of carbonyl (C=O) groups excluding carboxylic acids is 2. The highest BCUT2D eigenvalue weighted by atomic mass is 16.5. The van der Waals surface area contributed by atoms with Crippen LogP contribution in [0.2, 0.25) is 0 Å². The van der Waals surface area contributed by atoms with Gasteiger partial charge in [-0.25, -0.2) is 4.99 Å². The average Bonchev–Trinajstić information content (AvgIpc) is 3.18. The minimum absolute atomic E-state index is 0.00627. The highest BCUT2D eigenvalue weighted by molar-refractivity contribution is 5.78. The molecule has 0 saturated heterocycles. The van der Waals surface area contributed by atoms with Gasteiger partial charge in [-0.15, -0.1) is 0 Å². The molecule has 0 saturated carbocycles. The Morgan fingerprint density at radius 2 is 0.982 bits per heavy atom. The van der Waals surface area contributed by atoms with E-state index in [0.717, 1.165) is 103 Å². The Bertz CT molecular complexity index is 924. The van der Waals surface area contributed by atoms with Crippen LogP contribution in [0.3, 0.4) is 0 Å². The molecule has 0 aliphatic carbocycles. The largest absolute Gasteiger partial charge is 0.466 e. The minimum atomic E-state index is -0.0387. The molecule has 328 valence electrons. The first kappa shape index (κ1) is 53.7. The second-order valence-electron chi connectivity index (χ2n) is 16.3. The summed E-state index contributed by atoms with van der Waals surface area (Å²) in [6, 6.07) is 0. The molecule has 0 spiro atoms. The van der Waals surface area contributed by atoms with Crippen LogP contribution in [-0.2, 0) is 19.1 Å². The first-order valence-corrected chi connectivity index (χ1v) is 24.0. The molecule has 0 bridgehead atoms. The van der Waals surface area contributed by atoms with Crippen LogP contribution in [-0.4, -0.2) is 61.7 Å². The molecule has 56 heavy (non-hydrogen) atoms. The molecule has 0 aliphatic rings. The Morgan fingerprint density at radius 3 is 1.48 bits per heavy atom. The molecule has 0 fully saturated rings. The zero-order valence-electron chi connectivity index (χ0n) is 37.2. The van der Waals surface area contributed by atoms with Gasteiger partial charge in [0, 0.05) is 19.4 Å². The predicted octanol–water partition coefficient (Wildman–Crippen LogP) is 12.8. The lowest BCUT2D eigenvalue weighted by Crippen LogP contribution is -2.29. The van der Waals surface area contributed by atoms with Crippen LogP contribution in [0.5, 0.6) is 0 Å². The number of unbranched alkanes of at least 4 members (excludes halogenated alkanes) is 24. The molecule has 0 atom stereocenters. The van der Waals surface area contributed by atoms with Crippen LogP contribution in [0, 0.1) is 6.57 Å². The van der Waals surface area contributed by atoms with Gasteiger partial charge < -0.3 is 20.1 Å². The molecule has 0 rings (SSSR count). The highest BCUT2D eigenvalue weighted by Gasteiger charge is 2.14. The number of nitrogens with zero attached hydrogens (tertiary/aromatic N) is 3. The number of rotatable bonds is 43. The number of aliphatic imine (C=N–C) groups is 1. The van der Waals surface area contributed by atoms with Crippen molar-refractivity contribution in [3.05, 3.63) is 11.5 Å². The van der Waals surface area contributed by atoms with E-state index in [4.69, 9.17) is 21.8 Å². The molecule has 0 radical (unpaired) electrons. The summed E-state index contributed by atoms with van der Waals surface area (Å²) >= 11 is 0. The fraction of sp³-hybridized carbons (Fsp3) is 0.915. The van der Waals surface area contributed by atoms with Crippen molar-refractivity contribution in [2.45, 2.75) is 245 Å². The molecule has 0 aromatic heterocycles. The third-order valence-corrected chi connectivity index (χ3v) is 10.9. The SMILES string of the molecule is [C-]#[N+]NC(N)=NCCCN(CCCCCCCC(=O)OCCCCCCCCC)CCCCCCCC(=O)OC(CCCCCCCC)CCCCCCCC. The second-order valence-corrected chi connectivity index (χ2v) is 16.3. The maximum absolute atomic E-state index is 12.8. The molecular formula is C47H91N5O4. The van der Waals surface area contributed by atoms with Crippen LogP contribution < -0.4 is 11.2 Å². The number of hydrogen-bond acceptors (Lipinski definition) is 6. The van der Waals surface area contributed by atoms with Crippen molar-refractivity contribution < 1.29 is 19.1 Å². The average molecular weight is 790 g/mol. The maximum atomic E-state index is 12.8. The van der Waals surface area contributed by atoms with Crippen LogP contribution >= 0.6 is 0 Å². The van der Waals surface area contributed by atoms with Gasteiger partial charge in [-0.3, -0.25) is 9.59 Å². The Balaban J connectivity index is 4.37. The third-order valence-electron chi connectivity index (χ3n) is 10.9. The predicted molar refractivity (Wildman–Crippen MR) is 238 cm³/mol. The third kappa shape index (κ3) is 39.9. The lowest BCUT2D eigenvalue weighted by molar-refractivity contribution is -0.150. The molecule has 0 aromatic carbocycles. The Hall–Kier alpha value is -2.34. The van der Waals surface area contributed by atoms with E-state index in [9.17, 15) is 9.59 Å². The van der Waals surface area contributed by atoms with Gasteiger partial charge in [0.1, 0.15) is 6.10 Å². The standard InChI is InChI=1S/C47H91N5O4/c1-5-8-11-14-17-26-33-43-55-45(53)37-29-22-18-24-31-40-52(42-34-39-50-47(48)51-49-4)41-32-25-19-23-30-38-46(54)56-44(35-27-20-15-12-9-6-2)36-28-21-16-13-10-7-3/h44H,5-43H2,1-3H3,(H3,48,50,51). The molecule has 9 nitrogen and oxygen atoms in total. The summed E-state index contributed by atoms with van der Waals surface area (Å²) in [5.41, 5.74) is 8.10. The number of nitrogens with one attached hydrogen (secondary N) is 1. The number of carbonyl (C=O) groups is 2. The number of esters is 2. The zero-order chi connectivity index (χ0) is 41.0. The van der Waals surface area contributed by atoms with E-state index in [1.54, 1.807) is 0 Å². The molecule has 0 aliphatic heterocycles. The fourth-order valence-corrected chi connectivity index (χ4v) is 7.32. The Kier molecular flexibility index (Phi) is 41.9. The number of ether oxygens (including phenoxy) is 2. The number of nitrogens with two attached hydrogens (primary N) is 1. The number of guanidine groups is 1. The maximum Gasteiger partial charge on any atom is 0.306 e. The van der Waals surface area contributed by atoms with E-state index >= 15 is 0 Å². The topological polar surface area (TPSA) is 111 Å². The quantitative estimate of drug-likeness (QED) is 0.0158. The van der Waals surface area contributed by atoms with E-state index < -0.39 is 0 Å². The van der Waals surface area contributed by atoms with Crippen molar-refractivity contribution >= 4 is 17.9 Å². The van der Waals surface area contributed by atoms with E-state index in [0.29, 0.717) is 26.0 Å². The zero-order valence-corrected chi connectivity index (χ0v) is 37.2. The van der Waals surface area contributed by atoms with Crippen LogP contribution in [0.4, 0.5) is 0 Å². The van der Waals surface area contributed by atoms with Crippen LogP contribution in [0.25, 0.3) is 4.95 Å². The second kappa shape index (κ2) is 43.8. The van der Waals surface area contributed by atoms with E-state index in [-0.39, 0.29) is 24.0 Å². The van der Waals surface area contributed by atoms with Gasteiger partial charge in [-0.1, -0.05) is 167 Å². The van der Waals surface area contributed by atoms with E-state index in [1.807, 2.05) is 0 Å². The summed E-state index contributed by atoms with van der Waals surface area (Å²) in [5.74, 6) is 0.151. The van der Waals surface area contributed by atoms with Crippen LogP contribution in [0.15, 0.2) is 4.99 Å². The summed E-state index contributed by atoms with van der Waals surface area (Å²) in [6.07, 6.45) is 38.9.